The summed E-state index contributed by atoms with van der Waals surface area (Å²) < 4.78 is 15.1. The lowest BCUT2D eigenvalue weighted by Gasteiger charge is -2.24. The molecule has 1 fully saturated rings. The first-order valence-electron chi connectivity index (χ1n) is 8.42. The number of rotatable bonds is 4. The van der Waals surface area contributed by atoms with E-state index in [4.69, 9.17) is 5.73 Å². The molecule has 0 spiro atoms. The van der Waals surface area contributed by atoms with Crippen LogP contribution in [0.2, 0.25) is 0 Å². The van der Waals surface area contributed by atoms with E-state index in [-0.39, 0.29) is 5.56 Å². The van der Waals surface area contributed by atoms with E-state index in [9.17, 15) is 9.18 Å². The van der Waals surface area contributed by atoms with Gasteiger partial charge in [-0.1, -0.05) is 6.07 Å². The molecule has 0 unspecified atom stereocenters. The van der Waals surface area contributed by atoms with Crippen molar-refractivity contribution in [1.82, 2.24) is 15.3 Å². The maximum Gasteiger partial charge on any atom is 0.251 e. The monoisotopic (exact) mass is 371 g/mol. The van der Waals surface area contributed by atoms with Crippen molar-refractivity contribution >= 4 is 33.3 Å². The highest BCUT2D eigenvalue weighted by Gasteiger charge is 2.18. The topological polar surface area (TPSA) is 92.9 Å². The van der Waals surface area contributed by atoms with Gasteiger partial charge in [0, 0.05) is 17.0 Å². The van der Waals surface area contributed by atoms with Crippen LogP contribution >= 0.6 is 11.3 Å². The molecule has 0 aliphatic carbocycles. The Hall–Kier alpha value is -2.58. The summed E-state index contributed by atoms with van der Waals surface area (Å²) in [7, 11) is 0. The zero-order chi connectivity index (χ0) is 18.1. The van der Waals surface area contributed by atoms with E-state index in [1.54, 1.807) is 6.07 Å². The normalized spacial score (nSPS) is 15.3. The third-order valence-electron chi connectivity index (χ3n) is 4.58. The van der Waals surface area contributed by atoms with Crippen molar-refractivity contribution in [2.75, 3.05) is 18.4 Å². The van der Waals surface area contributed by atoms with Crippen LogP contribution in [0.3, 0.4) is 0 Å². The van der Waals surface area contributed by atoms with Crippen LogP contribution in [0.15, 0.2) is 29.9 Å². The number of anilines is 1. The number of carbonyl (C=O) groups excluding carboxylic acids is 1. The third-order valence-corrected chi connectivity index (χ3v) is 5.56. The molecule has 1 aromatic carbocycles. The number of thiophene rings is 1. The van der Waals surface area contributed by atoms with Crippen molar-refractivity contribution in [1.29, 1.82) is 0 Å². The summed E-state index contributed by atoms with van der Waals surface area (Å²) in [6.45, 7) is 1.99. The Morgan fingerprint density at radius 1 is 1.31 bits per heavy atom. The molecule has 2 aromatic heterocycles. The maximum atomic E-state index is 14.1. The molecule has 0 saturated carbocycles. The molecular formula is C18H18FN5OS. The summed E-state index contributed by atoms with van der Waals surface area (Å²) in [5.41, 5.74) is 7.30. The molecule has 4 rings (SSSR count). The minimum Gasteiger partial charge on any atom is -0.366 e. The minimum atomic E-state index is -0.778. The molecule has 26 heavy (non-hydrogen) atoms. The fourth-order valence-corrected chi connectivity index (χ4v) is 4.18. The number of piperidine rings is 1. The molecule has 1 aliphatic heterocycles. The molecule has 3 aromatic rings. The van der Waals surface area contributed by atoms with Crippen molar-refractivity contribution in [2.24, 2.45) is 5.73 Å². The summed E-state index contributed by atoms with van der Waals surface area (Å²) >= 11 is 1.52. The number of amides is 1. The summed E-state index contributed by atoms with van der Waals surface area (Å²) in [5.74, 6) is -0.594. The second kappa shape index (κ2) is 6.97. The number of nitrogens with one attached hydrogen (secondary N) is 2. The molecule has 8 heteroatoms. The number of carbonyl (C=O) groups is 1. The molecule has 0 atom stereocenters. The zero-order valence-electron chi connectivity index (χ0n) is 14.0. The van der Waals surface area contributed by atoms with Gasteiger partial charge in [-0.2, -0.15) is 0 Å². The first-order chi connectivity index (χ1) is 12.6. The molecule has 1 saturated heterocycles. The van der Waals surface area contributed by atoms with Crippen LogP contribution in [0.5, 0.6) is 0 Å². The van der Waals surface area contributed by atoms with Crippen molar-refractivity contribution < 1.29 is 9.18 Å². The second-order valence-electron chi connectivity index (χ2n) is 6.28. The highest BCUT2D eigenvalue weighted by Crippen LogP contribution is 2.36. The van der Waals surface area contributed by atoms with Gasteiger partial charge < -0.3 is 16.4 Å². The van der Waals surface area contributed by atoms with E-state index in [1.807, 2.05) is 5.38 Å². The van der Waals surface area contributed by atoms with Gasteiger partial charge in [-0.25, -0.2) is 14.4 Å². The van der Waals surface area contributed by atoms with Crippen molar-refractivity contribution in [2.45, 2.75) is 18.9 Å². The number of hydrogen-bond donors (Lipinski definition) is 3. The van der Waals surface area contributed by atoms with Gasteiger partial charge in [0.1, 0.15) is 18.0 Å². The SMILES string of the molecule is NC(=O)c1ccc(-c2csc3c(NC4CCNCC4)ncnc23)cc1F. The molecule has 1 aliphatic rings. The quantitative estimate of drug-likeness (QED) is 0.656. The van der Waals surface area contributed by atoms with Gasteiger partial charge in [-0.05, 0) is 43.6 Å². The van der Waals surface area contributed by atoms with E-state index in [0.29, 0.717) is 11.6 Å². The predicted molar refractivity (Wildman–Crippen MR) is 101 cm³/mol. The van der Waals surface area contributed by atoms with Gasteiger partial charge in [-0.3, -0.25) is 4.79 Å². The lowest BCUT2D eigenvalue weighted by molar-refractivity contribution is 0.0996. The number of benzene rings is 1. The van der Waals surface area contributed by atoms with E-state index in [0.717, 1.165) is 47.5 Å². The molecule has 6 nitrogen and oxygen atoms in total. The Bertz CT molecular complexity index is 967. The van der Waals surface area contributed by atoms with Crippen LogP contribution < -0.4 is 16.4 Å². The molecule has 0 bridgehead atoms. The van der Waals surface area contributed by atoms with Crippen LogP contribution in [0, 0.1) is 5.82 Å². The van der Waals surface area contributed by atoms with Gasteiger partial charge in [0.25, 0.3) is 5.91 Å². The van der Waals surface area contributed by atoms with Gasteiger partial charge in [0.05, 0.1) is 15.8 Å². The third kappa shape index (κ3) is 3.13. The lowest BCUT2D eigenvalue weighted by atomic mass is 10.0. The molecule has 3 heterocycles. The van der Waals surface area contributed by atoms with Gasteiger partial charge in [-0.15, -0.1) is 11.3 Å². The van der Waals surface area contributed by atoms with Crippen LogP contribution in [-0.4, -0.2) is 35.0 Å². The van der Waals surface area contributed by atoms with Crippen LogP contribution in [0.4, 0.5) is 10.2 Å². The standard InChI is InChI=1S/C18H18FN5OS/c19-14-7-10(1-2-12(14)17(20)25)13-8-26-16-15(13)22-9-23-18(16)24-11-3-5-21-6-4-11/h1-2,7-9,11,21H,3-6H2,(H2,20,25)(H,22,23,24). The summed E-state index contributed by atoms with van der Waals surface area (Å²) in [5, 5.41) is 8.79. The number of hydrogen-bond acceptors (Lipinski definition) is 6. The Kier molecular flexibility index (Phi) is 4.52. The lowest BCUT2D eigenvalue weighted by Crippen LogP contribution is -2.35. The molecule has 1 amide bonds. The van der Waals surface area contributed by atoms with E-state index in [2.05, 4.69) is 20.6 Å². The van der Waals surface area contributed by atoms with Gasteiger partial charge in [0.15, 0.2) is 0 Å². The van der Waals surface area contributed by atoms with E-state index in [1.165, 1.54) is 29.8 Å². The first kappa shape index (κ1) is 16.9. The van der Waals surface area contributed by atoms with Gasteiger partial charge >= 0.3 is 0 Å². The highest BCUT2D eigenvalue weighted by molar-refractivity contribution is 7.18. The smallest absolute Gasteiger partial charge is 0.251 e. The molecule has 0 radical (unpaired) electrons. The van der Waals surface area contributed by atoms with Crippen molar-refractivity contribution in [3.63, 3.8) is 0 Å². The average molecular weight is 371 g/mol. The van der Waals surface area contributed by atoms with Crippen LogP contribution in [0.25, 0.3) is 21.3 Å². The van der Waals surface area contributed by atoms with Crippen molar-refractivity contribution in [3.8, 4) is 11.1 Å². The maximum absolute atomic E-state index is 14.1. The molecule has 4 N–H and O–H groups in total. The molecular weight excluding hydrogens is 353 g/mol. The Labute approximate surface area is 153 Å². The second-order valence-corrected chi connectivity index (χ2v) is 7.16. The number of aromatic nitrogens is 2. The van der Waals surface area contributed by atoms with E-state index < -0.39 is 11.7 Å². The minimum absolute atomic E-state index is 0.115. The summed E-state index contributed by atoms with van der Waals surface area (Å²) in [6, 6.07) is 4.80. The summed E-state index contributed by atoms with van der Waals surface area (Å²) in [4.78, 5) is 20.0. The fourth-order valence-electron chi connectivity index (χ4n) is 3.20. The number of nitrogens with two attached hydrogens (primary N) is 1. The largest absolute Gasteiger partial charge is 0.366 e. The Morgan fingerprint density at radius 3 is 2.85 bits per heavy atom. The van der Waals surface area contributed by atoms with Gasteiger partial charge in [0.2, 0.25) is 0 Å². The number of fused-ring (bicyclic) bond motifs is 1. The fraction of sp³-hybridized carbons (Fsp3) is 0.278. The highest BCUT2D eigenvalue weighted by atomic mass is 32.1. The van der Waals surface area contributed by atoms with Crippen molar-refractivity contribution in [3.05, 3.63) is 41.3 Å². The number of nitrogens with zero attached hydrogens (tertiary/aromatic N) is 2. The van der Waals surface area contributed by atoms with Crippen LogP contribution in [0.1, 0.15) is 23.2 Å². The summed E-state index contributed by atoms with van der Waals surface area (Å²) in [6.07, 6.45) is 3.61. The Morgan fingerprint density at radius 2 is 2.12 bits per heavy atom. The number of primary amides is 1. The average Bonchev–Trinajstić information content (AvgIpc) is 3.07. The zero-order valence-corrected chi connectivity index (χ0v) is 14.8. The predicted octanol–water partition coefficient (Wildman–Crippen LogP) is 2.76. The Balaban J connectivity index is 1.70. The molecule has 134 valence electrons. The van der Waals surface area contributed by atoms with Crippen LogP contribution in [-0.2, 0) is 0 Å². The van der Waals surface area contributed by atoms with E-state index >= 15 is 0 Å². The first-order valence-corrected chi connectivity index (χ1v) is 9.30. The number of halogens is 1.